The zero-order valence-corrected chi connectivity index (χ0v) is 15.5. The number of hydrogen-bond acceptors (Lipinski definition) is 4. The molecule has 6 heteroatoms. The molecule has 0 bridgehead atoms. The van der Waals surface area contributed by atoms with Crippen molar-refractivity contribution < 1.29 is 17.9 Å². The van der Waals surface area contributed by atoms with E-state index in [-0.39, 0.29) is 4.90 Å². The summed E-state index contributed by atoms with van der Waals surface area (Å²) in [7, 11) is -0.711. The molecule has 0 aliphatic rings. The van der Waals surface area contributed by atoms with Crippen LogP contribution in [0.2, 0.25) is 0 Å². The van der Waals surface area contributed by atoms with Gasteiger partial charge in [-0.3, -0.25) is 4.31 Å². The molecule has 0 N–H and O–H groups in total. The Kier molecular flexibility index (Phi) is 5.39. The van der Waals surface area contributed by atoms with Gasteiger partial charge in [-0.25, -0.2) is 8.42 Å². The van der Waals surface area contributed by atoms with Crippen LogP contribution in [0.4, 0.5) is 5.69 Å². The predicted octanol–water partition coefficient (Wildman–Crippen LogP) is 3.54. The van der Waals surface area contributed by atoms with Crippen LogP contribution in [0.1, 0.15) is 18.1 Å². The quantitative estimate of drug-likeness (QED) is 0.800. The number of methoxy groups -OCH3 is 2. The minimum Gasteiger partial charge on any atom is -0.493 e. The molecule has 0 saturated heterocycles. The van der Waals surface area contributed by atoms with Crippen molar-refractivity contribution in [2.75, 3.05) is 25.1 Å². The zero-order valence-electron chi connectivity index (χ0n) is 14.7. The fourth-order valence-corrected chi connectivity index (χ4v) is 4.37. The summed E-state index contributed by atoms with van der Waals surface area (Å²) in [6, 6.07) is 10.4. The Labute approximate surface area is 143 Å². The van der Waals surface area contributed by atoms with Crippen molar-refractivity contribution >= 4 is 15.7 Å². The topological polar surface area (TPSA) is 55.8 Å². The maximum atomic E-state index is 13.2. The fourth-order valence-electron chi connectivity index (χ4n) is 2.75. The van der Waals surface area contributed by atoms with Gasteiger partial charge in [-0.15, -0.1) is 0 Å². The number of ether oxygens (including phenoxy) is 2. The van der Waals surface area contributed by atoms with Crippen molar-refractivity contribution in [1.82, 2.24) is 0 Å². The van der Waals surface area contributed by atoms with Gasteiger partial charge >= 0.3 is 0 Å². The van der Waals surface area contributed by atoms with Crippen LogP contribution in [-0.4, -0.2) is 29.2 Å². The van der Waals surface area contributed by atoms with E-state index in [1.165, 1.54) is 30.7 Å². The molecule has 0 spiro atoms. The van der Waals surface area contributed by atoms with Crippen LogP contribution in [0.3, 0.4) is 0 Å². The third-order valence-electron chi connectivity index (χ3n) is 3.92. The van der Waals surface area contributed by atoms with Crippen molar-refractivity contribution in [3.05, 3.63) is 47.5 Å². The molecule has 2 aromatic carbocycles. The van der Waals surface area contributed by atoms with Gasteiger partial charge in [-0.2, -0.15) is 0 Å². The van der Waals surface area contributed by atoms with Crippen LogP contribution in [0, 0.1) is 13.8 Å². The van der Waals surface area contributed by atoms with Gasteiger partial charge in [0.05, 0.1) is 24.8 Å². The summed E-state index contributed by atoms with van der Waals surface area (Å²) in [4.78, 5) is 0.171. The first kappa shape index (κ1) is 18.1. The smallest absolute Gasteiger partial charge is 0.264 e. The van der Waals surface area contributed by atoms with Crippen LogP contribution in [0.15, 0.2) is 41.3 Å². The lowest BCUT2D eigenvalue weighted by atomic mass is 10.1. The highest BCUT2D eigenvalue weighted by Gasteiger charge is 2.27. The number of anilines is 1. The molecule has 0 fully saturated rings. The number of para-hydroxylation sites is 1. The van der Waals surface area contributed by atoms with Crippen molar-refractivity contribution in [2.45, 2.75) is 25.7 Å². The first-order valence-electron chi connectivity index (χ1n) is 7.67. The minimum absolute atomic E-state index is 0.171. The summed E-state index contributed by atoms with van der Waals surface area (Å²) >= 11 is 0. The van der Waals surface area contributed by atoms with E-state index in [2.05, 4.69) is 0 Å². The van der Waals surface area contributed by atoms with E-state index in [9.17, 15) is 8.42 Å². The molecule has 2 aromatic rings. The molecular formula is C18H23NO4S. The highest BCUT2D eigenvalue weighted by molar-refractivity contribution is 7.92. The Balaban J connectivity index is 2.59. The minimum atomic E-state index is -3.71. The average Bonchev–Trinajstić information content (AvgIpc) is 2.57. The number of hydrogen-bond donors (Lipinski definition) is 0. The summed E-state index contributed by atoms with van der Waals surface area (Å²) in [5, 5.41) is 0. The number of rotatable bonds is 6. The Morgan fingerprint density at radius 3 is 2.04 bits per heavy atom. The van der Waals surface area contributed by atoms with E-state index < -0.39 is 10.0 Å². The number of benzene rings is 2. The van der Waals surface area contributed by atoms with E-state index in [0.29, 0.717) is 18.0 Å². The maximum absolute atomic E-state index is 13.2. The van der Waals surface area contributed by atoms with E-state index in [4.69, 9.17) is 9.47 Å². The fraction of sp³-hybridized carbons (Fsp3) is 0.333. The van der Waals surface area contributed by atoms with E-state index in [1.54, 1.807) is 6.07 Å². The molecule has 2 rings (SSSR count). The third-order valence-corrected chi connectivity index (χ3v) is 5.79. The van der Waals surface area contributed by atoms with Gasteiger partial charge in [0.25, 0.3) is 10.0 Å². The molecule has 0 aliphatic heterocycles. The van der Waals surface area contributed by atoms with Gasteiger partial charge in [0, 0.05) is 12.6 Å². The molecule has 130 valence electrons. The van der Waals surface area contributed by atoms with E-state index >= 15 is 0 Å². The number of nitrogens with zero attached hydrogens (tertiary/aromatic N) is 1. The van der Waals surface area contributed by atoms with Crippen molar-refractivity contribution in [1.29, 1.82) is 0 Å². The van der Waals surface area contributed by atoms with Gasteiger partial charge < -0.3 is 9.47 Å². The summed E-state index contributed by atoms with van der Waals surface area (Å²) in [5.74, 6) is 0.878. The Morgan fingerprint density at radius 2 is 1.54 bits per heavy atom. The van der Waals surface area contributed by atoms with Gasteiger partial charge in [-0.05, 0) is 44.0 Å². The van der Waals surface area contributed by atoms with E-state index in [1.807, 2.05) is 39.0 Å². The van der Waals surface area contributed by atoms with Gasteiger partial charge in [-0.1, -0.05) is 18.2 Å². The average molecular weight is 349 g/mol. The van der Waals surface area contributed by atoms with Crippen molar-refractivity contribution in [2.24, 2.45) is 0 Å². The van der Waals surface area contributed by atoms with Gasteiger partial charge in [0.2, 0.25) is 0 Å². The molecule has 0 radical (unpaired) electrons. The number of sulfonamides is 1. The van der Waals surface area contributed by atoms with Crippen molar-refractivity contribution in [3.8, 4) is 11.5 Å². The standard InChI is InChI=1S/C18H23NO4S/c1-6-19(18-13(2)8-7-9-14(18)3)24(20,21)15-10-11-16(22-4)17(12-15)23-5/h7-12H,6H2,1-5H3. The second-order valence-corrected chi connectivity index (χ2v) is 7.29. The Hall–Kier alpha value is -2.21. The third kappa shape index (κ3) is 3.19. The second-order valence-electron chi connectivity index (χ2n) is 5.43. The Morgan fingerprint density at radius 1 is 0.958 bits per heavy atom. The molecule has 0 aromatic heterocycles. The van der Waals surface area contributed by atoms with Crippen LogP contribution >= 0.6 is 0 Å². The summed E-state index contributed by atoms with van der Waals surface area (Å²) in [6.07, 6.45) is 0. The molecule has 0 heterocycles. The summed E-state index contributed by atoms with van der Waals surface area (Å²) in [5.41, 5.74) is 2.55. The molecular weight excluding hydrogens is 326 g/mol. The normalized spacial score (nSPS) is 11.2. The van der Waals surface area contributed by atoms with Crippen molar-refractivity contribution in [3.63, 3.8) is 0 Å². The number of aryl methyl sites for hydroxylation is 2. The van der Waals surface area contributed by atoms with Crippen LogP contribution in [0.25, 0.3) is 0 Å². The molecule has 0 unspecified atom stereocenters. The van der Waals surface area contributed by atoms with Crippen LogP contribution in [0.5, 0.6) is 11.5 Å². The molecule has 0 aliphatic carbocycles. The summed E-state index contributed by atoms with van der Waals surface area (Å²) in [6.45, 7) is 5.98. The first-order valence-corrected chi connectivity index (χ1v) is 9.11. The predicted molar refractivity (Wildman–Crippen MR) is 95.7 cm³/mol. The Bertz CT molecular complexity index is 811. The lowest BCUT2D eigenvalue weighted by Crippen LogP contribution is -2.32. The lowest BCUT2D eigenvalue weighted by molar-refractivity contribution is 0.354. The summed E-state index contributed by atoms with van der Waals surface area (Å²) < 4.78 is 38.2. The van der Waals surface area contributed by atoms with Gasteiger partial charge in [0.1, 0.15) is 0 Å². The van der Waals surface area contributed by atoms with Gasteiger partial charge in [0.15, 0.2) is 11.5 Å². The SMILES string of the molecule is CCN(c1c(C)cccc1C)S(=O)(=O)c1ccc(OC)c(OC)c1. The van der Waals surface area contributed by atoms with Crippen LogP contribution < -0.4 is 13.8 Å². The first-order chi connectivity index (χ1) is 11.4. The largest absolute Gasteiger partial charge is 0.493 e. The zero-order chi connectivity index (χ0) is 17.9. The molecule has 0 amide bonds. The monoisotopic (exact) mass is 349 g/mol. The second kappa shape index (κ2) is 7.13. The highest BCUT2D eigenvalue weighted by Crippen LogP contribution is 2.34. The highest BCUT2D eigenvalue weighted by atomic mass is 32.2. The molecule has 24 heavy (non-hydrogen) atoms. The molecule has 5 nitrogen and oxygen atoms in total. The van der Waals surface area contributed by atoms with Crippen LogP contribution in [-0.2, 0) is 10.0 Å². The molecule has 0 saturated carbocycles. The maximum Gasteiger partial charge on any atom is 0.264 e. The lowest BCUT2D eigenvalue weighted by Gasteiger charge is -2.26. The molecule has 0 atom stereocenters. The van der Waals surface area contributed by atoms with E-state index in [0.717, 1.165) is 16.8 Å².